The normalized spacial score (nSPS) is 13.3. The first-order valence-electron chi connectivity index (χ1n) is 6.84. The van der Waals surface area contributed by atoms with Crippen molar-refractivity contribution in [2.24, 2.45) is 0 Å². The Labute approximate surface area is 128 Å². The Morgan fingerprint density at radius 3 is 2.86 bits per heavy atom. The molecule has 106 valence electrons. The Bertz CT molecular complexity index is 717. The van der Waals surface area contributed by atoms with Gasteiger partial charge in [0.2, 0.25) is 5.88 Å². The van der Waals surface area contributed by atoms with Crippen LogP contribution in [0.15, 0.2) is 24.3 Å². The molecule has 0 amide bonds. The van der Waals surface area contributed by atoms with Crippen LogP contribution in [0.2, 0.25) is 5.02 Å². The Kier molecular flexibility index (Phi) is 3.68. The van der Waals surface area contributed by atoms with E-state index in [-0.39, 0.29) is 5.88 Å². The van der Waals surface area contributed by atoms with Crippen molar-refractivity contribution in [1.82, 2.24) is 4.98 Å². The first-order valence-corrected chi connectivity index (χ1v) is 7.21. The van der Waals surface area contributed by atoms with E-state index in [0.29, 0.717) is 22.0 Å². The van der Waals surface area contributed by atoms with Gasteiger partial charge in [0.05, 0.1) is 10.7 Å². The van der Waals surface area contributed by atoms with E-state index in [2.05, 4.69) is 11.1 Å². The molecule has 5 heteroatoms. The van der Waals surface area contributed by atoms with Crippen LogP contribution < -0.4 is 10.5 Å². The molecule has 4 nitrogen and oxygen atoms in total. The summed E-state index contributed by atoms with van der Waals surface area (Å²) in [6.45, 7) is 0. The van der Waals surface area contributed by atoms with Crippen molar-refractivity contribution in [3.8, 4) is 17.7 Å². The summed E-state index contributed by atoms with van der Waals surface area (Å²) in [5.74, 6) is 0.622. The van der Waals surface area contributed by atoms with Gasteiger partial charge in [-0.05, 0) is 49.4 Å². The van der Waals surface area contributed by atoms with Gasteiger partial charge in [0.1, 0.15) is 11.6 Å². The standard InChI is InChI=1S/C16H14ClN3O/c17-12-5-3-6-13(19)15(12)21-16-11(9-18)8-10-4-1-2-7-14(10)20-16/h3,5-6,8H,1-2,4,7,19H2. The molecule has 2 N–H and O–H groups in total. The molecule has 1 aromatic carbocycles. The third kappa shape index (κ3) is 2.65. The molecule has 1 aromatic heterocycles. The predicted molar refractivity (Wildman–Crippen MR) is 81.5 cm³/mol. The van der Waals surface area contributed by atoms with Crippen LogP contribution in [0.3, 0.4) is 0 Å². The number of halogens is 1. The van der Waals surface area contributed by atoms with Crippen LogP contribution in [0.4, 0.5) is 5.69 Å². The number of hydrogen-bond donors (Lipinski definition) is 1. The van der Waals surface area contributed by atoms with Crippen molar-refractivity contribution < 1.29 is 4.74 Å². The first-order chi connectivity index (χ1) is 10.2. The van der Waals surface area contributed by atoms with Crippen molar-refractivity contribution in [2.75, 3.05) is 5.73 Å². The number of anilines is 1. The maximum absolute atomic E-state index is 9.30. The van der Waals surface area contributed by atoms with Gasteiger partial charge in [-0.1, -0.05) is 17.7 Å². The fourth-order valence-corrected chi connectivity index (χ4v) is 2.72. The van der Waals surface area contributed by atoms with Gasteiger partial charge in [0.25, 0.3) is 0 Å². The number of fused-ring (bicyclic) bond motifs is 1. The van der Waals surface area contributed by atoms with E-state index in [9.17, 15) is 5.26 Å². The smallest absolute Gasteiger partial charge is 0.237 e. The molecule has 2 aromatic rings. The van der Waals surface area contributed by atoms with Crippen molar-refractivity contribution >= 4 is 17.3 Å². The summed E-state index contributed by atoms with van der Waals surface area (Å²) in [6, 6.07) is 9.14. The number of nitrogen functional groups attached to an aromatic ring is 1. The van der Waals surface area contributed by atoms with Gasteiger partial charge >= 0.3 is 0 Å². The minimum Gasteiger partial charge on any atom is -0.434 e. The molecule has 1 aliphatic rings. The highest BCUT2D eigenvalue weighted by molar-refractivity contribution is 6.32. The van der Waals surface area contributed by atoms with E-state index in [1.807, 2.05) is 6.07 Å². The molecule has 0 bridgehead atoms. The molecular formula is C16H14ClN3O. The average Bonchev–Trinajstić information content (AvgIpc) is 2.50. The molecule has 0 saturated carbocycles. The van der Waals surface area contributed by atoms with Crippen LogP contribution in [0.1, 0.15) is 29.7 Å². The second-order valence-corrected chi connectivity index (χ2v) is 5.43. The van der Waals surface area contributed by atoms with Gasteiger partial charge in [0.15, 0.2) is 5.75 Å². The number of hydrogen-bond acceptors (Lipinski definition) is 4. The lowest BCUT2D eigenvalue weighted by Gasteiger charge is -2.17. The molecule has 0 radical (unpaired) electrons. The minimum absolute atomic E-state index is 0.276. The highest BCUT2D eigenvalue weighted by Crippen LogP contribution is 2.36. The van der Waals surface area contributed by atoms with Crippen LogP contribution in [0.5, 0.6) is 11.6 Å². The summed E-state index contributed by atoms with van der Waals surface area (Å²) in [4.78, 5) is 4.50. The molecule has 21 heavy (non-hydrogen) atoms. The highest BCUT2D eigenvalue weighted by atomic mass is 35.5. The minimum atomic E-state index is 0.276. The zero-order chi connectivity index (χ0) is 14.8. The number of ether oxygens (including phenoxy) is 1. The quantitative estimate of drug-likeness (QED) is 0.855. The van der Waals surface area contributed by atoms with Crippen LogP contribution >= 0.6 is 11.6 Å². The SMILES string of the molecule is N#Cc1cc2c(nc1Oc1c(N)cccc1Cl)CCCC2. The number of aryl methyl sites for hydroxylation is 2. The monoisotopic (exact) mass is 299 g/mol. The zero-order valence-electron chi connectivity index (χ0n) is 11.4. The Balaban J connectivity index is 2.04. The van der Waals surface area contributed by atoms with Gasteiger partial charge < -0.3 is 10.5 Å². The number of rotatable bonds is 2. The third-order valence-electron chi connectivity index (χ3n) is 3.58. The maximum Gasteiger partial charge on any atom is 0.237 e. The van der Waals surface area contributed by atoms with E-state index in [1.54, 1.807) is 18.2 Å². The lowest BCUT2D eigenvalue weighted by molar-refractivity contribution is 0.458. The number of nitriles is 1. The third-order valence-corrected chi connectivity index (χ3v) is 3.88. The zero-order valence-corrected chi connectivity index (χ0v) is 12.2. The highest BCUT2D eigenvalue weighted by Gasteiger charge is 2.18. The summed E-state index contributed by atoms with van der Waals surface area (Å²) in [6.07, 6.45) is 4.12. The molecule has 0 aliphatic heterocycles. The summed E-state index contributed by atoms with van der Waals surface area (Å²) < 4.78 is 5.74. The lowest BCUT2D eigenvalue weighted by Crippen LogP contribution is -2.08. The number of pyridine rings is 1. The fourth-order valence-electron chi connectivity index (χ4n) is 2.50. The van der Waals surface area contributed by atoms with Gasteiger partial charge in [-0.3, -0.25) is 0 Å². The maximum atomic E-state index is 9.30. The second kappa shape index (κ2) is 5.63. The summed E-state index contributed by atoms with van der Waals surface area (Å²) in [5, 5.41) is 9.70. The molecule has 0 saturated heterocycles. The number of para-hydroxylation sites is 1. The van der Waals surface area contributed by atoms with Gasteiger partial charge in [0, 0.05) is 5.69 Å². The number of nitrogens with zero attached hydrogens (tertiary/aromatic N) is 2. The molecular weight excluding hydrogens is 286 g/mol. The van der Waals surface area contributed by atoms with E-state index >= 15 is 0 Å². The molecule has 1 aliphatic carbocycles. The Morgan fingerprint density at radius 2 is 2.10 bits per heavy atom. The Morgan fingerprint density at radius 1 is 1.29 bits per heavy atom. The molecule has 0 fully saturated rings. The van der Waals surface area contributed by atoms with Gasteiger partial charge in [-0.15, -0.1) is 0 Å². The molecule has 1 heterocycles. The second-order valence-electron chi connectivity index (χ2n) is 5.03. The summed E-state index contributed by atoms with van der Waals surface area (Å²) >= 11 is 6.10. The predicted octanol–water partition coefficient (Wildman–Crippen LogP) is 3.86. The van der Waals surface area contributed by atoms with Crippen LogP contribution in [0, 0.1) is 11.3 Å². The van der Waals surface area contributed by atoms with E-state index < -0.39 is 0 Å². The van der Waals surface area contributed by atoms with Crippen molar-refractivity contribution in [2.45, 2.75) is 25.7 Å². The average molecular weight is 300 g/mol. The molecule has 0 spiro atoms. The van der Waals surface area contributed by atoms with Crippen LogP contribution in [0.25, 0.3) is 0 Å². The summed E-state index contributed by atoms with van der Waals surface area (Å²) in [5.41, 5.74) is 8.85. The van der Waals surface area contributed by atoms with E-state index in [4.69, 9.17) is 22.1 Å². The molecule has 0 atom stereocenters. The van der Waals surface area contributed by atoms with E-state index in [1.165, 1.54) is 0 Å². The number of benzene rings is 1. The van der Waals surface area contributed by atoms with Gasteiger partial charge in [-0.2, -0.15) is 5.26 Å². The molecule has 0 unspecified atom stereocenters. The van der Waals surface area contributed by atoms with Crippen LogP contribution in [-0.4, -0.2) is 4.98 Å². The van der Waals surface area contributed by atoms with Crippen molar-refractivity contribution in [3.05, 3.63) is 46.1 Å². The van der Waals surface area contributed by atoms with Crippen LogP contribution in [-0.2, 0) is 12.8 Å². The number of aromatic nitrogens is 1. The topological polar surface area (TPSA) is 71.9 Å². The molecule has 3 rings (SSSR count). The van der Waals surface area contributed by atoms with Gasteiger partial charge in [-0.25, -0.2) is 4.98 Å². The first kappa shape index (κ1) is 13.7. The fraction of sp³-hybridized carbons (Fsp3) is 0.250. The van der Waals surface area contributed by atoms with Crippen molar-refractivity contribution in [1.29, 1.82) is 5.26 Å². The van der Waals surface area contributed by atoms with Crippen molar-refractivity contribution in [3.63, 3.8) is 0 Å². The van der Waals surface area contributed by atoms with E-state index in [0.717, 1.165) is 36.9 Å². The lowest BCUT2D eigenvalue weighted by atomic mass is 9.95. The summed E-state index contributed by atoms with van der Waals surface area (Å²) in [7, 11) is 0. The Hall–Kier alpha value is -2.25. The number of nitrogens with two attached hydrogens (primary N) is 1. The largest absolute Gasteiger partial charge is 0.434 e.